The second-order valence-electron chi connectivity index (χ2n) is 14.0. The molecule has 0 saturated carbocycles. The largest absolute Gasteiger partial charge is 0.462 e. The van der Waals surface area contributed by atoms with Crippen LogP contribution in [0.3, 0.4) is 0 Å². The zero-order valence-corrected chi connectivity index (χ0v) is 33.8. The fraction of sp³-hybridized carbons (Fsp3) is 0.702. The average molecular weight is 725 g/mol. The van der Waals surface area contributed by atoms with Gasteiger partial charge in [0.15, 0.2) is 6.10 Å². The third-order valence-electron chi connectivity index (χ3n) is 9.03. The third kappa shape index (κ3) is 40.1. The Morgan fingerprint density at radius 1 is 0.462 bits per heavy atom. The van der Waals surface area contributed by atoms with Crippen molar-refractivity contribution in [3.05, 3.63) is 72.9 Å². The summed E-state index contributed by atoms with van der Waals surface area (Å²) in [5, 5.41) is 9.56. The Labute approximate surface area is 321 Å². The SMILES string of the molecule is CC/C=C/C/C=C/C/C=C/C/C=C/C/C=C/C/C=C/CCC(=O)O[C@@H](CO)COC(=O)CCCCCCCCCCCCCCCCCCCCC. The lowest BCUT2D eigenvalue weighted by Crippen LogP contribution is -2.28. The van der Waals surface area contributed by atoms with E-state index in [4.69, 9.17) is 9.47 Å². The van der Waals surface area contributed by atoms with E-state index < -0.39 is 12.1 Å². The predicted molar refractivity (Wildman–Crippen MR) is 223 cm³/mol. The van der Waals surface area contributed by atoms with Crippen LogP contribution in [-0.4, -0.2) is 36.4 Å². The van der Waals surface area contributed by atoms with E-state index in [1.807, 2.05) is 12.2 Å². The minimum absolute atomic E-state index is 0.0971. The van der Waals surface area contributed by atoms with Crippen molar-refractivity contribution in [3.8, 4) is 0 Å². The number of allylic oxidation sites excluding steroid dienone is 12. The number of aliphatic hydroxyl groups is 1. The van der Waals surface area contributed by atoms with Gasteiger partial charge >= 0.3 is 11.9 Å². The first kappa shape index (κ1) is 49.3. The lowest BCUT2D eigenvalue weighted by molar-refractivity contribution is -0.161. The fourth-order valence-corrected chi connectivity index (χ4v) is 5.82. The highest BCUT2D eigenvalue weighted by Crippen LogP contribution is 2.15. The summed E-state index contributed by atoms with van der Waals surface area (Å²) >= 11 is 0. The maximum Gasteiger partial charge on any atom is 0.306 e. The molecule has 0 fully saturated rings. The lowest BCUT2D eigenvalue weighted by Gasteiger charge is -2.15. The van der Waals surface area contributed by atoms with Gasteiger partial charge in [-0.05, 0) is 51.4 Å². The lowest BCUT2D eigenvalue weighted by atomic mass is 10.0. The molecule has 0 aromatic rings. The van der Waals surface area contributed by atoms with Crippen LogP contribution in [0.1, 0.15) is 194 Å². The van der Waals surface area contributed by atoms with Gasteiger partial charge in [-0.3, -0.25) is 9.59 Å². The van der Waals surface area contributed by atoms with Crippen LogP contribution >= 0.6 is 0 Å². The number of carbonyl (C=O) groups is 2. The van der Waals surface area contributed by atoms with E-state index in [-0.39, 0.29) is 25.6 Å². The number of hydrogen-bond acceptors (Lipinski definition) is 5. The maximum atomic E-state index is 12.2. The molecule has 5 nitrogen and oxygen atoms in total. The second-order valence-corrected chi connectivity index (χ2v) is 14.0. The van der Waals surface area contributed by atoms with Gasteiger partial charge in [-0.1, -0.05) is 202 Å². The first-order chi connectivity index (χ1) is 25.6. The minimum atomic E-state index is -0.813. The Morgan fingerprint density at radius 2 is 0.827 bits per heavy atom. The van der Waals surface area contributed by atoms with Crippen LogP contribution in [0.15, 0.2) is 72.9 Å². The monoisotopic (exact) mass is 725 g/mol. The highest BCUT2D eigenvalue weighted by molar-refractivity contribution is 5.70. The van der Waals surface area contributed by atoms with Gasteiger partial charge in [0.2, 0.25) is 0 Å². The molecule has 0 unspecified atom stereocenters. The Hall–Kier alpha value is -2.66. The summed E-state index contributed by atoms with van der Waals surface area (Å²) in [6.45, 7) is 3.97. The Balaban J connectivity index is 3.65. The summed E-state index contributed by atoms with van der Waals surface area (Å²) in [6.07, 6.45) is 57.0. The van der Waals surface area contributed by atoms with Gasteiger partial charge in [0.1, 0.15) is 6.61 Å². The van der Waals surface area contributed by atoms with E-state index >= 15 is 0 Å². The van der Waals surface area contributed by atoms with Crippen LogP contribution in [-0.2, 0) is 19.1 Å². The Morgan fingerprint density at radius 3 is 1.21 bits per heavy atom. The minimum Gasteiger partial charge on any atom is -0.462 e. The summed E-state index contributed by atoms with van der Waals surface area (Å²) in [5.74, 6) is -0.687. The summed E-state index contributed by atoms with van der Waals surface area (Å²) in [4.78, 5) is 24.3. The quantitative estimate of drug-likeness (QED) is 0.0390. The molecule has 0 aliphatic heterocycles. The second kappa shape index (κ2) is 42.8. The van der Waals surface area contributed by atoms with Crippen LogP contribution < -0.4 is 0 Å². The normalized spacial score (nSPS) is 12.9. The van der Waals surface area contributed by atoms with Gasteiger partial charge in [-0.25, -0.2) is 0 Å². The Bertz CT molecular complexity index is 957. The molecule has 0 amide bonds. The molecule has 52 heavy (non-hydrogen) atoms. The molecule has 0 aliphatic carbocycles. The number of ether oxygens (including phenoxy) is 2. The number of hydrogen-bond donors (Lipinski definition) is 1. The van der Waals surface area contributed by atoms with E-state index in [1.54, 1.807) is 0 Å². The molecule has 0 saturated heterocycles. The van der Waals surface area contributed by atoms with Crippen LogP contribution in [0.25, 0.3) is 0 Å². The van der Waals surface area contributed by atoms with E-state index in [1.165, 1.54) is 103 Å². The zero-order chi connectivity index (χ0) is 37.8. The number of aliphatic hydroxyl groups excluding tert-OH is 1. The number of unbranched alkanes of at least 4 members (excludes halogenated alkanes) is 18. The summed E-state index contributed by atoms with van der Waals surface area (Å²) in [7, 11) is 0. The molecule has 0 spiro atoms. The molecule has 0 aromatic heterocycles. The van der Waals surface area contributed by atoms with Gasteiger partial charge in [-0.2, -0.15) is 0 Å². The van der Waals surface area contributed by atoms with Gasteiger partial charge in [0, 0.05) is 12.8 Å². The molecule has 0 heterocycles. The van der Waals surface area contributed by atoms with E-state index in [0.717, 1.165) is 57.8 Å². The van der Waals surface area contributed by atoms with E-state index in [2.05, 4.69) is 74.6 Å². The summed E-state index contributed by atoms with van der Waals surface area (Å²) < 4.78 is 10.6. The van der Waals surface area contributed by atoms with E-state index in [0.29, 0.717) is 12.8 Å². The van der Waals surface area contributed by atoms with Crippen LogP contribution in [0.5, 0.6) is 0 Å². The van der Waals surface area contributed by atoms with E-state index in [9.17, 15) is 14.7 Å². The van der Waals surface area contributed by atoms with Crippen LogP contribution in [0.2, 0.25) is 0 Å². The smallest absolute Gasteiger partial charge is 0.306 e. The third-order valence-corrected chi connectivity index (χ3v) is 9.03. The molecule has 0 rings (SSSR count). The van der Waals surface area contributed by atoms with Gasteiger partial charge in [0.25, 0.3) is 0 Å². The summed E-state index contributed by atoms with van der Waals surface area (Å²) in [6, 6.07) is 0. The predicted octanol–water partition coefficient (Wildman–Crippen LogP) is 13.7. The van der Waals surface area contributed by atoms with Crippen molar-refractivity contribution in [1.29, 1.82) is 0 Å². The van der Waals surface area contributed by atoms with Crippen molar-refractivity contribution in [3.63, 3.8) is 0 Å². The molecule has 5 heteroatoms. The molecular formula is C47H80O5. The maximum absolute atomic E-state index is 12.2. The first-order valence-corrected chi connectivity index (χ1v) is 21.5. The van der Waals surface area contributed by atoms with Gasteiger partial charge < -0.3 is 14.6 Å². The molecule has 0 aromatic carbocycles. The molecule has 0 aliphatic rings. The molecule has 298 valence electrons. The van der Waals surface area contributed by atoms with Crippen molar-refractivity contribution in [2.45, 2.75) is 200 Å². The standard InChI is InChI=1S/C47H80O5/c1-3-5-7-9-11-13-15-17-19-21-23-25-27-29-31-33-35-37-39-41-46(49)51-44-45(43-48)52-47(50)42-40-38-36-34-32-30-28-26-24-22-20-18-16-14-12-10-8-6-4-2/h6,8,12,14,18,20,24,26,30,32,36,38,45,48H,3-5,7,9-11,13,15-17,19,21-23,25,27-29,31,33-35,37,39-44H2,1-2H3/b8-6+,14-12+,20-18+,26-24+,32-30+,38-36+/t45-/m0/s1. The molecular weight excluding hydrogens is 645 g/mol. The van der Waals surface area contributed by atoms with Crippen LogP contribution in [0, 0.1) is 0 Å². The first-order valence-electron chi connectivity index (χ1n) is 21.5. The van der Waals surface area contributed by atoms with Gasteiger partial charge in [-0.15, -0.1) is 0 Å². The molecule has 0 bridgehead atoms. The van der Waals surface area contributed by atoms with Crippen molar-refractivity contribution < 1.29 is 24.2 Å². The summed E-state index contributed by atoms with van der Waals surface area (Å²) in [5.41, 5.74) is 0. The molecule has 0 radical (unpaired) electrons. The zero-order valence-electron chi connectivity index (χ0n) is 33.8. The number of carbonyl (C=O) groups excluding carboxylic acids is 2. The number of rotatable bonds is 38. The fourth-order valence-electron chi connectivity index (χ4n) is 5.82. The van der Waals surface area contributed by atoms with Gasteiger partial charge in [0.05, 0.1) is 6.61 Å². The highest BCUT2D eigenvalue weighted by atomic mass is 16.6. The molecule has 1 N–H and O–H groups in total. The molecule has 1 atom stereocenters. The van der Waals surface area contributed by atoms with Crippen LogP contribution in [0.4, 0.5) is 0 Å². The van der Waals surface area contributed by atoms with Crippen molar-refractivity contribution in [2.24, 2.45) is 0 Å². The Kier molecular flexibility index (Phi) is 40.6. The topological polar surface area (TPSA) is 72.8 Å². The number of esters is 2. The average Bonchev–Trinajstić information content (AvgIpc) is 3.15. The van der Waals surface area contributed by atoms with Crippen molar-refractivity contribution >= 4 is 11.9 Å². The van der Waals surface area contributed by atoms with Crippen molar-refractivity contribution in [1.82, 2.24) is 0 Å². The van der Waals surface area contributed by atoms with Crippen molar-refractivity contribution in [2.75, 3.05) is 13.2 Å². The highest BCUT2D eigenvalue weighted by Gasteiger charge is 2.15.